The van der Waals surface area contributed by atoms with E-state index >= 15 is 0 Å². The summed E-state index contributed by atoms with van der Waals surface area (Å²) in [6, 6.07) is 16.6. The zero-order chi connectivity index (χ0) is 20.8. The molecule has 0 bridgehead atoms. The zero-order valence-electron chi connectivity index (χ0n) is 16.5. The van der Waals surface area contributed by atoms with Crippen molar-refractivity contribution in [1.82, 2.24) is 4.90 Å². The lowest BCUT2D eigenvalue weighted by Gasteiger charge is -2.18. The number of esters is 1. The van der Waals surface area contributed by atoms with Crippen LogP contribution in [0.3, 0.4) is 0 Å². The van der Waals surface area contributed by atoms with E-state index in [1.807, 2.05) is 30.3 Å². The summed E-state index contributed by atoms with van der Waals surface area (Å²) in [4.78, 5) is 38.7. The second-order valence-corrected chi connectivity index (χ2v) is 6.93. The van der Waals surface area contributed by atoms with Gasteiger partial charge in [0.1, 0.15) is 5.75 Å². The Hall–Kier alpha value is -3.35. The molecule has 1 aliphatic heterocycles. The minimum Gasteiger partial charge on any atom is -0.495 e. The molecule has 1 saturated heterocycles. The summed E-state index contributed by atoms with van der Waals surface area (Å²) < 4.78 is 10.5. The Morgan fingerprint density at radius 1 is 1.14 bits per heavy atom. The lowest BCUT2D eigenvalue weighted by Crippen LogP contribution is -2.33. The molecule has 0 unspecified atom stereocenters. The number of anilines is 1. The average molecular weight is 396 g/mol. The highest BCUT2D eigenvalue weighted by Gasteiger charge is 2.36. The van der Waals surface area contributed by atoms with E-state index in [-0.39, 0.29) is 18.9 Å². The highest BCUT2D eigenvalue weighted by molar-refractivity contribution is 5.96. The van der Waals surface area contributed by atoms with E-state index in [0.717, 1.165) is 5.56 Å². The van der Waals surface area contributed by atoms with Gasteiger partial charge in [-0.25, -0.2) is 0 Å². The predicted octanol–water partition coefficient (Wildman–Crippen LogP) is 2.61. The molecule has 1 heterocycles. The third-order valence-electron chi connectivity index (χ3n) is 4.79. The summed E-state index contributed by atoms with van der Waals surface area (Å²) >= 11 is 0. The SMILES string of the molecule is COc1ccccc1NC(=O)[C@H](C)OC(=O)[C@H]1CC(=O)N(Cc2ccccc2)C1. The third-order valence-corrected chi connectivity index (χ3v) is 4.79. The maximum Gasteiger partial charge on any atom is 0.312 e. The number of benzene rings is 2. The fraction of sp³-hybridized carbons (Fsp3) is 0.318. The molecule has 3 rings (SSSR count). The van der Waals surface area contributed by atoms with Gasteiger partial charge in [-0.3, -0.25) is 14.4 Å². The van der Waals surface area contributed by atoms with Crippen molar-refractivity contribution < 1.29 is 23.9 Å². The summed E-state index contributed by atoms with van der Waals surface area (Å²) in [7, 11) is 1.51. The summed E-state index contributed by atoms with van der Waals surface area (Å²) in [5.74, 6) is -1.17. The van der Waals surface area contributed by atoms with E-state index < -0.39 is 23.9 Å². The number of carbonyl (C=O) groups is 3. The number of methoxy groups -OCH3 is 1. The first kappa shape index (κ1) is 20.4. The van der Waals surface area contributed by atoms with Crippen LogP contribution in [-0.2, 0) is 25.7 Å². The highest BCUT2D eigenvalue weighted by atomic mass is 16.5. The van der Waals surface area contributed by atoms with Gasteiger partial charge >= 0.3 is 5.97 Å². The first-order valence-corrected chi connectivity index (χ1v) is 9.44. The molecule has 2 aromatic rings. The highest BCUT2D eigenvalue weighted by Crippen LogP contribution is 2.24. The van der Waals surface area contributed by atoms with Crippen molar-refractivity contribution >= 4 is 23.5 Å². The molecule has 0 saturated carbocycles. The molecular formula is C22H24N2O5. The molecule has 2 atom stereocenters. The van der Waals surface area contributed by atoms with E-state index in [1.165, 1.54) is 14.0 Å². The van der Waals surface area contributed by atoms with Crippen molar-refractivity contribution in [1.29, 1.82) is 0 Å². The van der Waals surface area contributed by atoms with Crippen LogP contribution >= 0.6 is 0 Å². The summed E-state index contributed by atoms with van der Waals surface area (Å²) in [6.45, 7) is 2.24. The molecule has 1 N–H and O–H groups in total. The van der Waals surface area contributed by atoms with Gasteiger partial charge in [0.15, 0.2) is 6.10 Å². The number of hydrogen-bond acceptors (Lipinski definition) is 5. The van der Waals surface area contributed by atoms with Gasteiger partial charge in [0, 0.05) is 19.5 Å². The van der Waals surface area contributed by atoms with Gasteiger partial charge in [-0.05, 0) is 24.6 Å². The lowest BCUT2D eigenvalue weighted by molar-refractivity contribution is -0.157. The largest absolute Gasteiger partial charge is 0.495 e. The van der Waals surface area contributed by atoms with E-state index in [1.54, 1.807) is 29.2 Å². The number of carbonyl (C=O) groups excluding carboxylic acids is 3. The number of hydrogen-bond donors (Lipinski definition) is 1. The van der Waals surface area contributed by atoms with Crippen LogP contribution in [0.4, 0.5) is 5.69 Å². The molecule has 7 nitrogen and oxygen atoms in total. The molecule has 0 aliphatic carbocycles. The van der Waals surface area contributed by atoms with Crippen LogP contribution in [0.25, 0.3) is 0 Å². The first-order valence-electron chi connectivity index (χ1n) is 9.44. The van der Waals surface area contributed by atoms with Crippen LogP contribution in [-0.4, -0.2) is 42.4 Å². The molecule has 0 aromatic heterocycles. The minimum absolute atomic E-state index is 0.0898. The van der Waals surface area contributed by atoms with Crippen molar-refractivity contribution in [3.8, 4) is 5.75 Å². The number of para-hydroxylation sites is 2. The van der Waals surface area contributed by atoms with Crippen molar-refractivity contribution in [3.63, 3.8) is 0 Å². The fourth-order valence-electron chi connectivity index (χ4n) is 3.19. The van der Waals surface area contributed by atoms with E-state index in [2.05, 4.69) is 5.32 Å². The Bertz CT molecular complexity index is 884. The Morgan fingerprint density at radius 3 is 2.55 bits per heavy atom. The van der Waals surface area contributed by atoms with E-state index in [9.17, 15) is 14.4 Å². The molecular weight excluding hydrogens is 372 g/mol. The van der Waals surface area contributed by atoms with Gasteiger partial charge in [0.05, 0.1) is 18.7 Å². The summed E-state index contributed by atoms with van der Waals surface area (Å²) in [5.41, 5.74) is 1.49. The van der Waals surface area contributed by atoms with Gasteiger partial charge in [0.25, 0.3) is 5.91 Å². The molecule has 7 heteroatoms. The molecule has 152 valence electrons. The number of amides is 2. The van der Waals surface area contributed by atoms with Crippen LogP contribution in [0.15, 0.2) is 54.6 Å². The Balaban J connectivity index is 1.54. The maximum absolute atomic E-state index is 12.5. The van der Waals surface area contributed by atoms with Crippen LogP contribution in [0.5, 0.6) is 5.75 Å². The normalized spacial score (nSPS) is 17.0. The standard InChI is InChI=1S/C22H24N2O5/c1-15(21(26)23-18-10-6-7-11-19(18)28-2)29-22(27)17-12-20(25)24(14-17)13-16-8-4-3-5-9-16/h3-11,15,17H,12-14H2,1-2H3,(H,23,26)/t15-,17-/m0/s1. The number of rotatable bonds is 7. The van der Waals surface area contributed by atoms with Gasteiger partial charge in [0.2, 0.25) is 5.91 Å². The Labute approximate surface area is 169 Å². The predicted molar refractivity (Wildman–Crippen MR) is 107 cm³/mol. The molecule has 2 aromatic carbocycles. The quantitative estimate of drug-likeness (QED) is 0.728. The van der Waals surface area contributed by atoms with Gasteiger partial charge in [-0.15, -0.1) is 0 Å². The Morgan fingerprint density at radius 2 is 1.83 bits per heavy atom. The van der Waals surface area contributed by atoms with Crippen LogP contribution < -0.4 is 10.1 Å². The zero-order valence-corrected chi connectivity index (χ0v) is 16.5. The maximum atomic E-state index is 12.5. The third kappa shape index (κ3) is 5.13. The van der Waals surface area contributed by atoms with Gasteiger partial charge in [-0.1, -0.05) is 42.5 Å². The van der Waals surface area contributed by atoms with E-state index in [4.69, 9.17) is 9.47 Å². The minimum atomic E-state index is -0.995. The lowest BCUT2D eigenvalue weighted by atomic mass is 10.1. The average Bonchev–Trinajstić information content (AvgIpc) is 3.09. The Kier molecular flexibility index (Phi) is 6.49. The fourth-order valence-corrected chi connectivity index (χ4v) is 3.19. The second kappa shape index (κ2) is 9.23. The van der Waals surface area contributed by atoms with Gasteiger partial charge in [-0.2, -0.15) is 0 Å². The van der Waals surface area contributed by atoms with Crippen molar-refractivity contribution in [2.24, 2.45) is 5.92 Å². The van der Waals surface area contributed by atoms with Crippen LogP contribution in [0.2, 0.25) is 0 Å². The number of nitrogens with zero attached hydrogens (tertiary/aromatic N) is 1. The molecule has 1 aliphatic rings. The van der Waals surface area contributed by atoms with Crippen molar-refractivity contribution in [2.75, 3.05) is 19.0 Å². The number of nitrogens with one attached hydrogen (secondary N) is 1. The molecule has 1 fully saturated rings. The molecule has 0 spiro atoms. The van der Waals surface area contributed by atoms with Gasteiger partial charge < -0.3 is 19.7 Å². The number of ether oxygens (including phenoxy) is 2. The summed E-state index contributed by atoms with van der Waals surface area (Å²) in [6.07, 6.45) is -0.905. The van der Waals surface area contributed by atoms with Crippen molar-refractivity contribution in [2.45, 2.75) is 26.0 Å². The van der Waals surface area contributed by atoms with Crippen LogP contribution in [0, 0.1) is 5.92 Å². The second-order valence-electron chi connectivity index (χ2n) is 6.93. The van der Waals surface area contributed by atoms with Crippen LogP contribution in [0.1, 0.15) is 18.9 Å². The smallest absolute Gasteiger partial charge is 0.312 e. The monoisotopic (exact) mass is 396 g/mol. The topological polar surface area (TPSA) is 84.9 Å². The molecule has 29 heavy (non-hydrogen) atoms. The molecule has 0 radical (unpaired) electrons. The van der Waals surface area contributed by atoms with Crippen molar-refractivity contribution in [3.05, 3.63) is 60.2 Å². The number of likely N-dealkylation sites (tertiary alicyclic amines) is 1. The van der Waals surface area contributed by atoms with E-state index in [0.29, 0.717) is 18.0 Å². The molecule has 2 amide bonds. The summed E-state index contributed by atoms with van der Waals surface area (Å²) in [5, 5.41) is 2.69. The first-order chi connectivity index (χ1) is 14.0.